The summed E-state index contributed by atoms with van der Waals surface area (Å²) in [4.78, 5) is 6.69. The van der Waals surface area contributed by atoms with Crippen LogP contribution in [0.25, 0.3) is 0 Å². The number of rotatable bonds is 6. The van der Waals surface area contributed by atoms with Crippen molar-refractivity contribution in [2.45, 2.75) is 27.7 Å². The molecule has 0 unspecified atom stereocenters. The van der Waals surface area contributed by atoms with Crippen molar-refractivity contribution in [1.82, 2.24) is 4.90 Å². The van der Waals surface area contributed by atoms with Gasteiger partial charge in [0, 0.05) is 19.2 Å². The summed E-state index contributed by atoms with van der Waals surface area (Å²) in [5.74, 6) is 0.830. The number of benzene rings is 2. The van der Waals surface area contributed by atoms with E-state index in [0.717, 1.165) is 29.9 Å². The first kappa shape index (κ1) is 18.5. The summed E-state index contributed by atoms with van der Waals surface area (Å²) in [6.45, 7) is 10.00. The lowest BCUT2D eigenvalue weighted by molar-refractivity contribution is 0.472. The van der Waals surface area contributed by atoms with E-state index in [-0.39, 0.29) is 5.82 Å². The predicted molar refractivity (Wildman–Crippen MR) is 101 cm³/mol. The highest BCUT2D eigenvalue weighted by molar-refractivity contribution is 9.10. The van der Waals surface area contributed by atoms with Crippen molar-refractivity contribution in [3.8, 4) is 11.5 Å². The van der Waals surface area contributed by atoms with Crippen LogP contribution in [-0.2, 0) is 0 Å². The Kier molecular flexibility index (Phi) is 6.37. The molecule has 3 nitrogen and oxygen atoms in total. The van der Waals surface area contributed by atoms with Crippen LogP contribution in [0.15, 0.2) is 39.8 Å². The third kappa shape index (κ3) is 4.57. The predicted octanol–water partition coefficient (Wildman–Crippen LogP) is 6.00. The second-order valence-electron chi connectivity index (χ2n) is 5.55. The lowest BCUT2D eigenvalue weighted by Gasteiger charge is -2.15. The van der Waals surface area contributed by atoms with Crippen LogP contribution in [0.1, 0.15) is 25.0 Å². The summed E-state index contributed by atoms with van der Waals surface area (Å²) in [6, 6.07) is 8.65. The van der Waals surface area contributed by atoms with Gasteiger partial charge in [-0.2, -0.15) is 0 Å². The molecule has 5 heteroatoms. The Balaban J connectivity index is 2.24. The van der Waals surface area contributed by atoms with E-state index in [4.69, 9.17) is 4.74 Å². The lowest BCUT2D eigenvalue weighted by Crippen LogP contribution is -2.20. The monoisotopic (exact) mass is 392 g/mol. The second kappa shape index (κ2) is 8.29. The number of hydrogen-bond donors (Lipinski definition) is 0. The molecule has 0 saturated carbocycles. The minimum atomic E-state index is -0.345. The summed E-state index contributed by atoms with van der Waals surface area (Å²) in [5, 5.41) is 0. The molecule has 2 aromatic carbocycles. The first-order chi connectivity index (χ1) is 11.4. The summed E-state index contributed by atoms with van der Waals surface area (Å²) in [6.07, 6.45) is 1.87. The molecule has 0 aromatic heterocycles. The van der Waals surface area contributed by atoms with Crippen molar-refractivity contribution in [3.05, 3.63) is 51.7 Å². The van der Waals surface area contributed by atoms with Gasteiger partial charge in [-0.1, -0.05) is 0 Å². The molecule has 0 aliphatic carbocycles. The number of hydrogen-bond acceptors (Lipinski definition) is 2. The van der Waals surface area contributed by atoms with Crippen molar-refractivity contribution in [2.24, 2.45) is 4.99 Å². The standard InChI is InChI=1S/C19H22BrFN2O/c1-5-23(6-2)12-22-18-9-14(4)19(10-13(18)3)24-15-7-8-16(20)17(21)11-15/h7-12H,5-6H2,1-4H3/b22-12+. The largest absolute Gasteiger partial charge is 0.457 e. The van der Waals surface area contributed by atoms with Gasteiger partial charge in [-0.3, -0.25) is 0 Å². The Hall–Kier alpha value is -1.88. The number of aliphatic imine (C=N–C) groups is 1. The van der Waals surface area contributed by atoms with Crippen molar-refractivity contribution >= 4 is 28.0 Å². The van der Waals surface area contributed by atoms with Crippen molar-refractivity contribution in [1.29, 1.82) is 0 Å². The minimum absolute atomic E-state index is 0.345. The molecule has 0 spiro atoms. The number of ether oxygens (including phenoxy) is 1. The fourth-order valence-electron chi connectivity index (χ4n) is 2.22. The van der Waals surface area contributed by atoms with E-state index in [0.29, 0.717) is 16.0 Å². The van der Waals surface area contributed by atoms with Gasteiger partial charge in [0.05, 0.1) is 16.5 Å². The fourth-order valence-corrected chi connectivity index (χ4v) is 2.47. The fraction of sp³-hybridized carbons (Fsp3) is 0.316. The molecule has 0 saturated heterocycles. The maximum Gasteiger partial charge on any atom is 0.141 e. The SMILES string of the molecule is CCN(/C=N/c1cc(C)c(Oc2ccc(Br)c(F)c2)cc1C)CC. The maximum absolute atomic E-state index is 13.6. The average Bonchev–Trinajstić information content (AvgIpc) is 2.56. The van der Waals surface area contributed by atoms with Crippen LogP contribution in [0.5, 0.6) is 11.5 Å². The molecule has 24 heavy (non-hydrogen) atoms. The highest BCUT2D eigenvalue weighted by atomic mass is 79.9. The molecule has 0 atom stereocenters. The number of halogens is 2. The Morgan fingerprint density at radius 1 is 1.12 bits per heavy atom. The average molecular weight is 393 g/mol. The molecule has 0 bridgehead atoms. The third-order valence-corrected chi connectivity index (χ3v) is 4.43. The van der Waals surface area contributed by atoms with Gasteiger partial charge in [-0.25, -0.2) is 9.38 Å². The Morgan fingerprint density at radius 3 is 2.46 bits per heavy atom. The normalized spacial score (nSPS) is 11.1. The van der Waals surface area contributed by atoms with Gasteiger partial charge < -0.3 is 9.64 Å². The van der Waals surface area contributed by atoms with Crippen LogP contribution in [0, 0.1) is 19.7 Å². The van der Waals surface area contributed by atoms with Crippen molar-refractivity contribution < 1.29 is 9.13 Å². The van der Waals surface area contributed by atoms with Crippen LogP contribution in [-0.4, -0.2) is 24.3 Å². The molecular weight excluding hydrogens is 371 g/mol. The molecule has 128 valence electrons. The molecule has 0 aliphatic rings. The lowest BCUT2D eigenvalue weighted by atomic mass is 10.1. The zero-order valence-electron chi connectivity index (χ0n) is 14.4. The Labute approximate surface area is 151 Å². The van der Waals surface area contributed by atoms with E-state index in [1.807, 2.05) is 32.3 Å². The van der Waals surface area contributed by atoms with Crippen LogP contribution >= 0.6 is 15.9 Å². The topological polar surface area (TPSA) is 24.8 Å². The molecule has 0 amide bonds. The molecule has 0 N–H and O–H groups in total. The van der Waals surface area contributed by atoms with Gasteiger partial charge in [-0.05, 0) is 79.0 Å². The summed E-state index contributed by atoms with van der Waals surface area (Å²) in [5.41, 5.74) is 2.88. The summed E-state index contributed by atoms with van der Waals surface area (Å²) in [7, 11) is 0. The maximum atomic E-state index is 13.6. The molecule has 0 fully saturated rings. The first-order valence-corrected chi connectivity index (χ1v) is 8.76. The van der Waals surface area contributed by atoms with Crippen molar-refractivity contribution in [3.63, 3.8) is 0 Å². The Morgan fingerprint density at radius 2 is 1.83 bits per heavy atom. The Bertz CT molecular complexity index is 742. The highest BCUT2D eigenvalue weighted by Gasteiger charge is 2.08. The van der Waals surface area contributed by atoms with E-state index in [1.54, 1.807) is 12.1 Å². The summed E-state index contributed by atoms with van der Waals surface area (Å²) >= 11 is 3.14. The van der Waals surface area contributed by atoms with E-state index in [9.17, 15) is 4.39 Å². The molecule has 0 aliphatic heterocycles. The van der Waals surface area contributed by atoms with E-state index >= 15 is 0 Å². The van der Waals surface area contributed by atoms with Crippen LogP contribution in [0.4, 0.5) is 10.1 Å². The summed E-state index contributed by atoms with van der Waals surface area (Å²) < 4.78 is 19.9. The van der Waals surface area contributed by atoms with Crippen molar-refractivity contribution in [2.75, 3.05) is 13.1 Å². The molecule has 0 heterocycles. The van der Waals surface area contributed by atoms with Gasteiger partial charge in [-0.15, -0.1) is 0 Å². The number of nitrogens with zero attached hydrogens (tertiary/aromatic N) is 2. The van der Waals surface area contributed by atoms with Gasteiger partial charge >= 0.3 is 0 Å². The molecule has 2 rings (SSSR count). The minimum Gasteiger partial charge on any atom is -0.457 e. The highest BCUT2D eigenvalue weighted by Crippen LogP contribution is 2.32. The van der Waals surface area contributed by atoms with Crippen LogP contribution in [0.3, 0.4) is 0 Å². The van der Waals surface area contributed by atoms with Crippen LogP contribution in [0.2, 0.25) is 0 Å². The van der Waals surface area contributed by atoms with E-state index < -0.39 is 0 Å². The zero-order valence-corrected chi connectivity index (χ0v) is 16.0. The number of aryl methyl sites for hydroxylation is 2. The van der Waals surface area contributed by atoms with E-state index in [2.05, 4.69) is 39.7 Å². The van der Waals surface area contributed by atoms with Crippen LogP contribution < -0.4 is 4.74 Å². The molecule has 2 aromatic rings. The zero-order chi connectivity index (χ0) is 17.7. The van der Waals surface area contributed by atoms with Gasteiger partial charge in [0.25, 0.3) is 0 Å². The third-order valence-electron chi connectivity index (χ3n) is 3.78. The second-order valence-corrected chi connectivity index (χ2v) is 6.40. The van der Waals surface area contributed by atoms with Gasteiger partial charge in [0.2, 0.25) is 0 Å². The van der Waals surface area contributed by atoms with E-state index in [1.165, 1.54) is 6.07 Å². The molecular formula is C19H22BrFN2O. The quantitative estimate of drug-likeness (QED) is 0.444. The van der Waals surface area contributed by atoms with Gasteiger partial charge in [0.15, 0.2) is 0 Å². The molecule has 0 radical (unpaired) electrons. The smallest absolute Gasteiger partial charge is 0.141 e. The first-order valence-electron chi connectivity index (χ1n) is 7.97. The van der Waals surface area contributed by atoms with Gasteiger partial charge in [0.1, 0.15) is 17.3 Å².